The van der Waals surface area contributed by atoms with Crippen molar-refractivity contribution < 1.29 is 13.9 Å². The number of benzene rings is 1. The molecule has 0 atom stereocenters. The Morgan fingerprint density at radius 3 is 2.76 bits per heavy atom. The Bertz CT molecular complexity index is 797. The van der Waals surface area contributed by atoms with Crippen molar-refractivity contribution in [1.82, 2.24) is 4.98 Å². The van der Waals surface area contributed by atoms with E-state index in [0.29, 0.717) is 29.5 Å². The van der Waals surface area contributed by atoms with E-state index in [4.69, 9.17) is 4.74 Å². The van der Waals surface area contributed by atoms with Gasteiger partial charge in [0.1, 0.15) is 12.4 Å². The minimum atomic E-state index is -0.659. The van der Waals surface area contributed by atoms with Crippen LogP contribution in [0, 0.1) is 5.92 Å². The molecule has 1 aliphatic rings. The summed E-state index contributed by atoms with van der Waals surface area (Å²) in [5.41, 5.74) is 0.742. The Hall–Kier alpha value is -2.63. The third-order valence-electron chi connectivity index (χ3n) is 4.43. The molecule has 0 spiro atoms. The molecule has 5 nitrogen and oxygen atoms in total. The van der Waals surface area contributed by atoms with E-state index in [1.165, 1.54) is 31.2 Å². The van der Waals surface area contributed by atoms with Crippen LogP contribution in [0.3, 0.4) is 0 Å². The highest BCUT2D eigenvalue weighted by Gasteiger charge is 2.19. The second-order valence-electron chi connectivity index (χ2n) is 6.32. The average molecular weight is 344 g/mol. The van der Waals surface area contributed by atoms with Gasteiger partial charge in [-0.3, -0.25) is 9.59 Å². The number of amides is 1. The van der Waals surface area contributed by atoms with E-state index in [-0.39, 0.29) is 11.1 Å². The number of hydrogen-bond donors (Lipinski definition) is 2. The van der Waals surface area contributed by atoms with Crippen molar-refractivity contribution in [3.05, 3.63) is 58.0 Å². The van der Waals surface area contributed by atoms with Crippen molar-refractivity contribution in [2.75, 3.05) is 11.9 Å². The van der Waals surface area contributed by atoms with Gasteiger partial charge in [-0.2, -0.15) is 0 Å². The van der Waals surface area contributed by atoms with E-state index in [9.17, 15) is 14.0 Å². The first-order chi connectivity index (χ1) is 12.2. The standard InChI is InChI=1S/C19H21FN2O3/c20-11-14-5-6-17(25-12-13-3-1-2-4-13)16(9-14)19(24)22-15-7-8-21-18(23)10-15/h5-10,13H,1-4,11-12H2,(H2,21,22,23,24). The van der Waals surface area contributed by atoms with E-state index < -0.39 is 12.6 Å². The first-order valence-electron chi connectivity index (χ1n) is 8.47. The lowest BCUT2D eigenvalue weighted by Gasteiger charge is -2.15. The highest BCUT2D eigenvalue weighted by molar-refractivity contribution is 6.06. The molecular formula is C19H21FN2O3. The summed E-state index contributed by atoms with van der Waals surface area (Å²) in [5.74, 6) is 0.512. The normalized spacial score (nSPS) is 14.4. The second-order valence-corrected chi connectivity index (χ2v) is 6.32. The van der Waals surface area contributed by atoms with Gasteiger partial charge in [0.15, 0.2) is 0 Å². The van der Waals surface area contributed by atoms with Gasteiger partial charge in [-0.15, -0.1) is 0 Å². The van der Waals surface area contributed by atoms with Gasteiger partial charge in [0.2, 0.25) is 5.56 Å². The fourth-order valence-electron chi connectivity index (χ4n) is 3.07. The van der Waals surface area contributed by atoms with Gasteiger partial charge in [-0.05, 0) is 42.5 Å². The molecule has 1 amide bonds. The molecule has 0 saturated heterocycles. The summed E-state index contributed by atoms with van der Waals surface area (Å²) in [7, 11) is 0. The lowest BCUT2D eigenvalue weighted by Crippen LogP contribution is -2.17. The number of alkyl halides is 1. The van der Waals surface area contributed by atoms with Crippen molar-refractivity contribution in [3.8, 4) is 5.75 Å². The van der Waals surface area contributed by atoms with Crippen LogP contribution in [0.25, 0.3) is 0 Å². The largest absolute Gasteiger partial charge is 0.492 e. The predicted molar refractivity (Wildman–Crippen MR) is 93.7 cm³/mol. The summed E-state index contributed by atoms with van der Waals surface area (Å²) in [4.78, 5) is 26.4. The molecule has 2 aromatic rings. The van der Waals surface area contributed by atoms with Crippen LogP contribution in [0.2, 0.25) is 0 Å². The van der Waals surface area contributed by atoms with Crippen molar-refractivity contribution in [2.24, 2.45) is 5.92 Å². The van der Waals surface area contributed by atoms with Crippen LogP contribution in [0.1, 0.15) is 41.6 Å². The number of hydrogen-bond acceptors (Lipinski definition) is 3. The van der Waals surface area contributed by atoms with Crippen molar-refractivity contribution >= 4 is 11.6 Å². The summed E-state index contributed by atoms with van der Waals surface area (Å²) in [6, 6.07) is 7.62. The molecule has 1 saturated carbocycles. The van der Waals surface area contributed by atoms with E-state index in [1.807, 2.05) is 0 Å². The van der Waals surface area contributed by atoms with Gasteiger partial charge in [0.25, 0.3) is 5.91 Å². The number of carbonyl (C=O) groups is 1. The zero-order chi connectivity index (χ0) is 17.6. The smallest absolute Gasteiger partial charge is 0.259 e. The average Bonchev–Trinajstić information content (AvgIpc) is 3.13. The Labute approximate surface area is 145 Å². The van der Waals surface area contributed by atoms with Gasteiger partial charge in [-0.1, -0.05) is 18.9 Å². The lowest BCUT2D eigenvalue weighted by molar-refractivity contribution is 0.102. The molecule has 0 unspecified atom stereocenters. The van der Waals surface area contributed by atoms with Gasteiger partial charge in [0.05, 0.1) is 12.2 Å². The molecule has 2 N–H and O–H groups in total. The monoisotopic (exact) mass is 344 g/mol. The van der Waals surface area contributed by atoms with Gasteiger partial charge in [0, 0.05) is 18.0 Å². The molecule has 1 heterocycles. The summed E-state index contributed by atoms with van der Waals surface area (Å²) >= 11 is 0. The number of H-pyrrole nitrogens is 1. The van der Waals surface area contributed by atoms with Crippen molar-refractivity contribution in [3.63, 3.8) is 0 Å². The first kappa shape index (κ1) is 17.2. The van der Waals surface area contributed by atoms with Crippen LogP contribution < -0.4 is 15.6 Å². The number of halogens is 1. The summed E-state index contributed by atoms with van der Waals surface area (Å²) in [6.07, 6.45) is 6.15. The summed E-state index contributed by atoms with van der Waals surface area (Å²) in [5, 5.41) is 2.66. The van der Waals surface area contributed by atoms with Gasteiger partial charge >= 0.3 is 0 Å². The fraction of sp³-hybridized carbons (Fsp3) is 0.368. The topological polar surface area (TPSA) is 71.2 Å². The van der Waals surface area contributed by atoms with Crippen LogP contribution in [0.5, 0.6) is 5.75 Å². The quantitative estimate of drug-likeness (QED) is 0.840. The minimum Gasteiger partial charge on any atom is -0.492 e. The molecule has 3 rings (SSSR count). The van der Waals surface area contributed by atoms with Crippen LogP contribution in [-0.2, 0) is 6.67 Å². The summed E-state index contributed by atoms with van der Waals surface area (Å²) in [6.45, 7) is -0.103. The third-order valence-corrected chi connectivity index (χ3v) is 4.43. The van der Waals surface area contributed by atoms with Crippen LogP contribution in [0.15, 0.2) is 41.3 Å². The zero-order valence-corrected chi connectivity index (χ0v) is 13.9. The molecule has 1 aromatic heterocycles. The number of ether oxygens (including phenoxy) is 1. The molecular weight excluding hydrogens is 323 g/mol. The van der Waals surface area contributed by atoms with E-state index in [2.05, 4.69) is 10.3 Å². The van der Waals surface area contributed by atoms with Gasteiger partial charge < -0.3 is 15.0 Å². The zero-order valence-electron chi connectivity index (χ0n) is 13.9. The molecule has 0 radical (unpaired) electrons. The highest BCUT2D eigenvalue weighted by Crippen LogP contribution is 2.28. The molecule has 0 aliphatic heterocycles. The molecule has 1 aromatic carbocycles. The number of carbonyl (C=O) groups excluding carboxylic acids is 1. The Morgan fingerprint density at radius 2 is 2.04 bits per heavy atom. The van der Waals surface area contributed by atoms with E-state index in [0.717, 1.165) is 12.8 Å². The van der Waals surface area contributed by atoms with Crippen molar-refractivity contribution in [1.29, 1.82) is 0 Å². The number of anilines is 1. The lowest BCUT2D eigenvalue weighted by atomic mass is 10.1. The molecule has 25 heavy (non-hydrogen) atoms. The Kier molecular flexibility index (Phi) is 5.48. The van der Waals surface area contributed by atoms with Crippen LogP contribution >= 0.6 is 0 Å². The molecule has 1 aliphatic carbocycles. The highest BCUT2D eigenvalue weighted by atomic mass is 19.1. The number of aromatic amines is 1. The molecule has 132 valence electrons. The molecule has 1 fully saturated rings. The first-order valence-corrected chi connectivity index (χ1v) is 8.47. The number of aromatic nitrogens is 1. The molecule has 6 heteroatoms. The maximum absolute atomic E-state index is 13.0. The number of pyridine rings is 1. The van der Waals surface area contributed by atoms with Gasteiger partial charge in [-0.25, -0.2) is 4.39 Å². The second kappa shape index (κ2) is 7.96. The number of nitrogens with one attached hydrogen (secondary N) is 2. The van der Waals surface area contributed by atoms with Crippen LogP contribution in [-0.4, -0.2) is 17.5 Å². The maximum Gasteiger partial charge on any atom is 0.259 e. The fourth-order valence-corrected chi connectivity index (χ4v) is 3.07. The van der Waals surface area contributed by atoms with Crippen LogP contribution in [0.4, 0.5) is 10.1 Å². The third kappa shape index (κ3) is 4.47. The van der Waals surface area contributed by atoms with E-state index in [1.54, 1.807) is 18.2 Å². The summed E-state index contributed by atoms with van der Waals surface area (Å²) < 4.78 is 18.8. The maximum atomic E-state index is 13.0. The molecule has 0 bridgehead atoms. The predicted octanol–water partition coefficient (Wildman–Crippen LogP) is 3.67. The Balaban J connectivity index is 1.78. The SMILES string of the molecule is O=C(Nc1cc[nH]c(=O)c1)c1cc(CF)ccc1OCC1CCCC1. The number of rotatable bonds is 6. The Morgan fingerprint density at radius 1 is 1.24 bits per heavy atom. The minimum absolute atomic E-state index is 0.272. The van der Waals surface area contributed by atoms with E-state index >= 15 is 0 Å². The van der Waals surface area contributed by atoms with Crippen molar-refractivity contribution in [2.45, 2.75) is 32.4 Å².